The molecular formula is C18H22Cl2N2O2S. The number of rotatable bonds is 6. The summed E-state index contributed by atoms with van der Waals surface area (Å²) in [6.07, 6.45) is 4.19. The van der Waals surface area contributed by atoms with Crippen LogP contribution in [-0.4, -0.2) is 47.9 Å². The van der Waals surface area contributed by atoms with Crippen LogP contribution in [0.2, 0.25) is 10.0 Å². The number of carbonyl (C=O) groups excluding carboxylic acids is 2. The molecule has 1 heterocycles. The van der Waals surface area contributed by atoms with Gasteiger partial charge in [-0.25, -0.2) is 0 Å². The van der Waals surface area contributed by atoms with Crippen LogP contribution in [0.3, 0.4) is 0 Å². The molecule has 1 saturated heterocycles. The first-order valence-electron chi connectivity index (χ1n) is 8.12. The van der Waals surface area contributed by atoms with Crippen molar-refractivity contribution in [1.82, 2.24) is 10.2 Å². The van der Waals surface area contributed by atoms with Crippen LogP contribution in [0.15, 0.2) is 30.4 Å². The highest BCUT2D eigenvalue weighted by Gasteiger charge is 2.28. The summed E-state index contributed by atoms with van der Waals surface area (Å²) in [5.74, 6) is 0.383. The molecule has 2 amide bonds. The summed E-state index contributed by atoms with van der Waals surface area (Å²) in [5.41, 5.74) is 1.49. The number of nitrogens with zero attached hydrogens (tertiary/aromatic N) is 1. The van der Waals surface area contributed by atoms with Gasteiger partial charge in [-0.3, -0.25) is 9.59 Å². The zero-order valence-corrected chi connectivity index (χ0v) is 16.5. The summed E-state index contributed by atoms with van der Waals surface area (Å²) >= 11 is 13.6. The number of benzene rings is 1. The molecule has 0 aromatic heterocycles. The summed E-state index contributed by atoms with van der Waals surface area (Å²) < 4.78 is 0. The molecule has 1 fully saturated rings. The molecule has 1 aromatic rings. The van der Waals surface area contributed by atoms with Crippen LogP contribution in [0.25, 0.3) is 0 Å². The zero-order valence-electron chi connectivity index (χ0n) is 14.2. The van der Waals surface area contributed by atoms with E-state index < -0.39 is 6.04 Å². The molecule has 1 unspecified atom stereocenters. The fourth-order valence-electron chi connectivity index (χ4n) is 2.67. The molecule has 25 heavy (non-hydrogen) atoms. The largest absolute Gasteiger partial charge is 0.340 e. The average Bonchev–Trinajstić information content (AvgIpc) is 2.58. The second-order valence-corrected chi connectivity index (χ2v) is 7.84. The minimum absolute atomic E-state index is 0.0417. The third-order valence-corrected chi connectivity index (χ3v) is 5.36. The Morgan fingerprint density at radius 3 is 2.60 bits per heavy atom. The van der Waals surface area contributed by atoms with Crippen LogP contribution in [0.5, 0.6) is 0 Å². The number of hydrogen-bond acceptors (Lipinski definition) is 3. The molecule has 4 nitrogen and oxygen atoms in total. The standard InChI is InChI=1S/C18H22Cl2N2O2S/c1-12-5-8-22(9-6-12)18(24)16(7-10-25-2)21-17(23)14-4-3-13(19)11-15(14)20/h3-4,11,16H,1,5-10H2,2H3,(H,21,23). The van der Waals surface area contributed by atoms with Crippen molar-refractivity contribution < 1.29 is 9.59 Å². The maximum atomic E-state index is 12.8. The summed E-state index contributed by atoms with van der Waals surface area (Å²) in [6, 6.07) is 4.14. The van der Waals surface area contributed by atoms with Crippen LogP contribution in [-0.2, 0) is 4.79 Å². The minimum Gasteiger partial charge on any atom is -0.340 e. The number of piperidine rings is 1. The highest BCUT2D eigenvalue weighted by Crippen LogP contribution is 2.21. The van der Waals surface area contributed by atoms with Crippen molar-refractivity contribution in [2.24, 2.45) is 0 Å². The van der Waals surface area contributed by atoms with Crippen LogP contribution in [0.4, 0.5) is 0 Å². The second kappa shape index (κ2) is 9.51. The minimum atomic E-state index is -0.557. The Hall–Kier alpha value is -1.17. The fraction of sp³-hybridized carbons (Fsp3) is 0.444. The first-order valence-corrected chi connectivity index (χ1v) is 10.3. The van der Waals surface area contributed by atoms with Crippen LogP contribution in [0.1, 0.15) is 29.6 Å². The topological polar surface area (TPSA) is 49.4 Å². The summed E-state index contributed by atoms with van der Waals surface area (Å²) in [4.78, 5) is 27.2. The molecule has 2 rings (SSSR count). The summed E-state index contributed by atoms with van der Waals surface area (Å²) in [7, 11) is 0. The van der Waals surface area contributed by atoms with Gasteiger partial charge in [0.2, 0.25) is 5.91 Å². The van der Waals surface area contributed by atoms with E-state index in [4.69, 9.17) is 23.2 Å². The maximum Gasteiger partial charge on any atom is 0.253 e. The molecule has 1 aliphatic rings. The first kappa shape index (κ1) is 20.1. The number of thioether (sulfide) groups is 1. The molecule has 1 atom stereocenters. The number of carbonyl (C=O) groups is 2. The molecule has 0 radical (unpaired) electrons. The summed E-state index contributed by atoms with van der Waals surface area (Å²) in [5, 5.41) is 3.58. The van der Waals surface area contributed by atoms with E-state index in [-0.39, 0.29) is 16.8 Å². The molecule has 1 N–H and O–H groups in total. The first-order chi connectivity index (χ1) is 11.9. The third kappa shape index (κ3) is 5.66. The smallest absolute Gasteiger partial charge is 0.253 e. The number of likely N-dealkylation sites (tertiary alicyclic amines) is 1. The van der Waals surface area contributed by atoms with Crippen molar-refractivity contribution in [3.63, 3.8) is 0 Å². The van der Waals surface area contributed by atoms with Crippen molar-refractivity contribution in [2.45, 2.75) is 25.3 Å². The van der Waals surface area contributed by atoms with Crippen molar-refractivity contribution in [2.75, 3.05) is 25.1 Å². The molecule has 0 bridgehead atoms. The van der Waals surface area contributed by atoms with Crippen molar-refractivity contribution >= 4 is 46.8 Å². The van der Waals surface area contributed by atoms with E-state index in [1.807, 2.05) is 11.2 Å². The summed E-state index contributed by atoms with van der Waals surface area (Å²) in [6.45, 7) is 5.29. The Balaban J connectivity index is 2.09. The van der Waals surface area contributed by atoms with Crippen LogP contribution >= 0.6 is 35.0 Å². The van der Waals surface area contributed by atoms with Gasteiger partial charge in [-0.1, -0.05) is 35.4 Å². The van der Waals surface area contributed by atoms with E-state index in [2.05, 4.69) is 11.9 Å². The maximum absolute atomic E-state index is 12.8. The molecule has 0 saturated carbocycles. The number of halogens is 2. The Morgan fingerprint density at radius 2 is 2.00 bits per heavy atom. The van der Waals surface area contributed by atoms with Gasteiger partial charge in [0.15, 0.2) is 0 Å². The predicted octanol–water partition coefficient (Wildman–Crippen LogP) is 4.02. The van der Waals surface area contributed by atoms with E-state index in [0.717, 1.165) is 18.6 Å². The van der Waals surface area contributed by atoms with Gasteiger partial charge in [0.25, 0.3) is 5.91 Å². The monoisotopic (exact) mass is 400 g/mol. The van der Waals surface area contributed by atoms with Crippen molar-refractivity contribution in [3.8, 4) is 0 Å². The van der Waals surface area contributed by atoms with Gasteiger partial charge in [0.1, 0.15) is 6.04 Å². The third-order valence-electron chi connectivity index (χ3n) is 4.17. The molecule has 0 spiro atoms. The number of nitrogens with one attached hydrogen (secondary N) is 1. The Bertz CT molecular complexity index is 656. The SMILES string of the molecule is C=C1CCN(C(=O)C(CCSC)NC(=O)c2ccc(Cl)cc2Cl)CC1. The normalized spacial score (nSPS) is 15.8. The van der Waals surface area contributed by atoms with Gasteiger partial charge >= 0.3 is 0 Å². The molecule has 0 aliphatic carbocycles. The second-order valence-electron chi connectivity index (χ2n) is 6.01. The van der Waals surface area contributed by atoms with Crippen LogP contribution in [0, 0.1) is 0 Å². The predicted molar refractivity (Wildman–Crippen MR) is 106 cm³/mol. The van der Waals surface area contributed by atoms with Gasteiger partial charge in [0.05, 0.1) is 10.6 Å². The van der Waals surface area contributed by atoms with E-state index >= 15 is 0 Å². The lowest BCUT2D eigenvalue weighted by Gasteiger charge is -2.31. The number of amides is 2. The van der Waals surface area contributed by atoms with E-state index in [1.165, 1.54) is 11.6 Å². The number of hydrogen-bond donors (Lipinski definition) is 1. The highest BCUT2D eigenvalue weighted by atomic mass is 35.5. The van der Waals surface area contributed by atoms with Gasteiger partial charge in [-0.2, -0.15) is 11.8 Å². The Labute approximate surface area is 162 Å². The van der Waals surface area contributed by atoms with Gasteiger partial charge < -0.3 is 10.2 Å². The van der Waals surface area contributed by atoms with Crippen molar-refractivity contribution in [3.05, 3.63) is 46.0 Å². The molecule has 1 aromatic carbocycles. The molecule has 136 valence electrons. The molecule has 1 aliphatic heterocycles. The van der Waals surface area contributed by atoms with Crippen LogP contribution < -0.4 is 5.32 Å². The zero-order chi connectivity index (χ0) is 18.4. The van der Waals surface area contributed by atoms with E-state index in [1.54, 1.807) is 23.9 Å². The lowest BCUT2D eigenvalue weighted by Crippen LogP contribution is -2.50. The van der Waals surface area contributed by atoms with Gasteiger partial charge in [0, 0.05) is 18.1 Å². The Kier molecular flexibility index (Phi) is 7.66. The Morgan fingerprint density at radius 1 is 1.32 bits per heavy atom. The van der Waals surface area contributed by atoms with E-state index in [9.17, 15) is 9.59 Å². The highest BCUT2D eigenvalue weighted by molar-refractivity contribution is 7.98. The van der Waals surface area contributed by atoms with E-state index in [0.29, 0.717) is 30.1 Å². The lowest BCUT2D eigenvalue weighted by molar-refractivity contribution is -0.133. The van der Waals surface area contributed by atoms with Gasteiger partial charge in [-0.15, -0.1) is 0 Å². The van der Waals surface area contributed by atoms with Crippen molar-refractivity contribution in [1.29, 1.82) is 0 Å². The lowest BCUT2D eigenvalue weighted by atomic mass is 10.0. The average molecular weight is 401 g/mol. The fourth-order valence-corrected chi connectivity index (χ4v) is 3.63. The quantitative estimate of drug-likeness (QED) is 0.733. The molecule has 7 heteroatoms. The molecular weight excluding hydrogens is 379 g/mol. The van der Waals surface area contributed by atoms with Gasteiger partial charge in [-0.05, 0) is 49.5 Å².